The van der Waals surface area contributed by atoms with Crippen molar-refractivity contribution in [2.24, 2.45) is 11.8 Å². The summed E-state index contributed by atoms with van der Waals surface area (Å²) in [5, 5.41) is 0. The molecule has 3 atom stereocenters. The van der Waals surface area contributed by atoms with Crippen molar-refractivity contribution in [1.82, 2.24) is 0 Å². The zero-order chi connectivity index (χ0) is 9.52. The molecule has 1 heterocycles. The Morgan fingerprint density at radius 2 is 1.83 bits per heavy atom. The molecule has 70 valence electrons. The second-order valence-corrected chi connectivity index (χ2v) is 3.05. The van der Waals surface area contributed by atoms with Gasteiger partial charge in [0.2, 0.25) is 6.10 Å². The molecule has 1 saturated heterocycles. The van der Waals surface area contributed by atoms with Gasteiger partial charge in [0.15, 0.2) is 0 Å². The normalized spacial score (nSPS) is 36.8. The third-order valence-corrected chi connectivity index (χ3v) is 2.20. The summed E-state index contributed by atoms with van der Waals surface area (Å²) in [7, 11) is 0. The number of halogens is 3. The quantitative estimate of drug-likeness (QED) is 0.533. The number of alkyl halides is 3. The average Bonchev–Trinajstić information content (AvgIpc) is 2.15. The van der Waals surface area contributed by atoms with Crippen molar-refractivity contribution in [3.8, 4) is 0 Å². The Hall–Kier alpha value is -0.740. The monoisotopic (exact) mass is 182 g/mol. The number of carbonyl (C=O) groups is 1. The third kappa shape index (κ3) is 1.40. The molecule has 0 aliphatic carbocycles. The molecule has 3 unspecified atom stereocenters. The van der Waals surface area contributed by atoms with Gasteiger partial charge in [-0.1, -0.05) is 13.8 Å². The van der Waals surface area contributed by atoms with Crippen LogP contribution < -0.4 is 0 Å². The average molecular weight is 182 g/mol. The highest BCUT2D eigenvalue weighted by atomic mass is 19.4. The molecule has 5 heteroatoms. The molecule has 0 N–H and O–H groups in total. The molecule has 1 rings (SSSR count). The zero-order valence-electron chi connectivity index (χ0n) is 6.68. The van der Waals surface area contributed by atoms with E-state index in [1.807, 2.05) is 0 Å². The lowest BCUT2D eigenvalue weighted by atomic mass is 9.94. The molecule has 0 bridgehead atoms. The maximum atomic E-state index is 12.1. The number of cyclic esters (lactones) is 1. The van der Waals surface area contributed by atoms with Crippen molar-refractivity contribution < 1.29 is 22.7 Å². The van der Waals surface area contributed by atoms with Gasteiger partial charge in [0.05, 0.1) is 5.92 Å². The second-order valence-electron chi connectivity index (χ2n) is 3.05. The van der Waals surface area contributed by atoms with Gasteiger partial charge < -0.3 is 4.74 Å². The molecule has 0 aromatic carbocycles. The Morgan fingerprint density at radius 1 is 1.33 bits per heavy atom. The van der Waals surface area contributed by atoms with E-state index in [0.717, 1.165) is 0 Å². The molecular formula is C7H9F3O2. The minimum absolute atomic E-state index is 0.656. The minimum Gasteiger partial charge on any atom is -0.452 e. The van der Waals surface area contributed by atoms with Crippen molar-refractivity contribution in [2.45, 2.75) is 26.1 Å². The lowest BCUT2D eigenvalue weighted by Crippen LogP contribution is -2.33. The van der Waals surface area contributed by atoms with E-state index >= 15 is 0 Å². The first-order valence-corrected chi connectivity index (χ1v) is 3.61. The number of hydrogen-bond donors (Lipinski definition) is 0. The summed E-state index contributed by atoms with van der Waals surface area (Å²) in [6, 6.07) is 0. The van der Waals surface area contributed by atoms with Crippen LogP contribution in [0.5, 0.6) is 0 Å². The Morgan fingerprint density at radius 3 is 2.00 bits per heavy atom. The van der Waals surface area contributed by atoms with Gasteiger partial charge in [0.25, 0.3) is 0 Å². The number of ether oxygens (including phenoxy) is 1. The number of hydrogen-bond acceptors (Lipinski definition) is 2. The molecule has 0 spiro atoms. The lowest BCUT2D eigenvalue weighted by Gasteiger charge is -2.17. The Labute approximate surface area is 67.7 Å². The fourth-order valence-corrected chi connectivity index (χ4v) is 1.18. The molecule has 0 saturated carbocycles. The van der Waals surface area contributed by atoms with Gasteiger partial charge in [-0.2, -0.15) is 13.2 Å². The Kier molecular flexibility index (Phi) is 2.06. The minimum atomic E-state index is -4.43. The highest BCUT2D eigenvalue weighted by molar-refractivity contribution is 5.74. The van der Waals surface area contributed by atoms with Crippen LogP contribution in [0.3, 0.4) is 0 Å². The van der Waals surface area contributed by atoms with Crippen LogP contribution in [0.4, 0.5) is 13.2 Å². The van der Waals surface area contributed by atoms with E-state index in [1.165, 1.54) is 13.8 Å². The molecule has 1 fully saturated rings. The van der Waals surface area contributed by atoms with Gasteiger partial charge in [-0.25, -0.2) is 0 Å². The summed E-state index contributed by atoms with van der Waals surface area (Å²) in [5.74, 6) is -2.20. The molecule has 1 aliphatic rings. The maximum Gasteiger partial charge on any atom is 0.425 e. The van der Waals surface area contributed by atoms with E-state index in [-0.39, 0.29) is 0 Å². The third-order valence-electron chi connectivity index (χ3n) is 2.20. The predicted octanol–water partition coefficient (Wildman–Crippen LogP) is 1.75. The van der Waals surface area contributed by atoms with E-state index in [9.17, 15) is 18.0 Å². The lowest BCUT2D eigenvalue weighted by molar-refractivity contribution is -0.216. The van der Waals surface area contributed by atoms with Crippen molar-refractivity contribution in [2.75, 3.05) is 0 Å². The van der Waals surface area contributed by atoms with Crippen LogP contribution in [0.2, 0.25) is 0 Å². The molecule has 0 amide bonds. The van der Waals surface area contributed by atoms with E-state index in [0.29, 0.717) is 0 Å². The van der Waals surface area contributed by atoms with Crippen LogP contribution in [0, 0.1) is 11.8 Å². The summed E-state index contributed by atoms with van der Waals surface area (Å²) in [4.78, 5) is 10.7. The van der Waals surface area contributed by atoms with Crippen molar-refractivity contribution in [1.29, 1.82) is 0 Å². The molecule has 0 radical (unpaired) electrons. The van der Waals surface area contributed by atoms with E-state index in [4.69, 9.17) is 0 Å². The van der Waals surface area contributed by atoms with Crippen LogP contribution >= 0.6 is 0 Å². The van der Waals surface area contributed by atoms with Crippen LogP contribution in [0.1, 0.15) is 13.8 Å². The molecular weight excluding hydrogens is 173 g/mol. The first-order chi connectivity index (χ1) is 5.34. The molecule has 1 aliphatic heterocycles. The van der Waals surface area contributed by atoms with Gasteiger partial charge in [0, 0.05) is 5.92 Å². The van der Waals surface area contributed by atoms with Gasteiger partial charge in [-0.3, -0.25) is 4.79 Å². The number of rotatable bonds is 0. The fraction of sp³-hybridized carbons (Fsp3) is 0.857. The topological polar surface area (TPSA) is 26.3 Å². The van der Waals surface area contributed by atoms with Gasteiger partial charge >= 0.3 is 12.1 Å². The first kappa shape index (κ1) is 9.35. The largest absolute Gasteiger partial charge is 0.452 e. The highest BCUT2D eigenvalue weighted by Gasteiger charge is 2.53. The van der Waals surface area contributed by atoms with Gasteiger partial charge in [-0.15, -0.1) is 0 Å². The van der Waals surface area contributed by atoms with Crippen LogP contribution in [-0.2, 0) is 9.53 Å². The van der Waals surface area contributed by atoms with Crippen molar-refractivity contribution >= 4 is 5.97 Å². The summed E-state index contributed by atoms with van der Waals surface area (Å²) < 4.78 is 40.4. The summed E-state index contributed by atoms with van der Waals surface area (Å²) in [6.45, 7) is 2.81. The van der Waals surface area contributed by atoms with Crippen molar-refractivity contribution in [3.63, 3.8) is 0 Å². The van der Waals surface area contributed by atoms with E-state index in [2.05, 4.69) is 4.74 Å². The number of carbonyl (C=O) groups excluding carboxylic acids is 1. The standard InChI is InChI=1S/C7H9F3O2/c1-3-4(2)6(11)12-5(3)7(8,9)10/h3-5H,1-2H3. The second kappa shape index (κ2) is 2.64. The molecule has 0 aromatic rings. The highest BCUT2D eigenvalue weighted by Crippen LogP contribution is 2.37. The summed E-state index contributed by atoms with van der Waals surface area (Å²) in [6.07, 6.45) is -6.35. The first-order valence-electron chi connectivity index (χ1n) is 3.61. The van der Waals surface area contributed by atoms with E-state index < -0.39 is 30.1 Å². The molecule has 0 aromatic heterocycles. The maximum absolute atomic E-state index is 12.1. The van der Waals surface area contributed by atoms with Gasteiger partial charge in [-0.05, 0) is 0 Å². The van der Waals surface area contributed by atoms with Gasteiger partial charge in [0.1, 0.15) is 0 Å². The summed E-state index contributed by atoms with van der Waals surface area (Å²) in [5.41, 5.74) is 0. The predicted molar refractivity (Wildman–Crippen MR) is 34.3 cm³/mol. The molecule has 2 nitrogen and oxygen atoms in total. The smallest absolute Gasteiger partial charge is 0.425 e. The van der Waals surface area contributed by atoms with Crippen LogP contribution in [0.15, 0.2) is 0 Å². The Bertz CT molecular complexity index is 199. The SMILES string of the molecule is CC1C(=O)OC(C(F)(F)F)C1C. The summed E-state index contributed by atoms with van der Waals surface area (Å²) >= 11 is 0. The molecule has 12 heavy (non-hydrogen) atoms. The number of esters is 1. The van der Waals surface area contributed by atoms with Crippen molar-refractivity contribution in [3.05, 3.63) is 0 Å². The zero-order valence-corrected chi connectivity index (χ0v) is 6.68. The van der Waals surface area contributed by atoms with E-state index in [1.54, 1.807) is 0 Å². The van der Waals surface area contributed by atoms with Crippen LogP contribution in [-0.4, -0.2) is 18.2 Å². The Balaban J connectivity index is 2.78. The fourth-order valence-electron chi connectivity index (χ4n) is 1.18. The van der Waals surface area contributed by atoms with Crippen LogP contribution in [0.25, 0.3) is 0 Å².